The fraction of sp³-hybridized carbons (Fsp3) is 0.438. The summed E-state index contributed by atoms with van der Waals surface area (Å²) in [5.41, 5.74) is 8.68. The SMILES string of the molecule is COc1cc(F)c2c(c1)C(CN)N(CCc1nc(C)cs1)C2. The molecule has 3 rings (SSSR count). The van der Waals surface area contributed by atoms with Crippen molar-refractivity contribution in [3.63, 3.8) is 0 Å². The molecule has 2 N–H and O–H groups in total. The zero-order valence-electron chi connectivity index (χ0n) is 12.8. The highest BCUT2D eigenvalue weighted by Crippen LogP contribution is 2.37. The van der Waals surface area contributed by atoms with Gasteiger partial charge in [0.1, 0.15) is 11.6 Å². The monoisotopic (exact) mass is 321 g/mol. The van der Waals surface area contributed by atoms with E-state index in [0.29, 0.717) is 18.8 Å². The third-order valence-electron chi connectivity index (χ3n) is 4.10. The molecule has 2 heterocycles. The van der Waals surface area contributed by atoms with Crippen molar-refractivity contribution in [3.05, 3.63) is 45.2 Å². The fourth-order valence-electron chi connectivity index (χ4n) is 2.99. The van der Waals surface area contributed by atoms with E-state index in [0.717, 1.165) is 34.8 Å². The van der Waals surface area contributed by atoms with Gasteiger partial charge in [0.2, 0.25) is 0 Å². The number of halogens is 1. The van der Waals surface area contributed by atoms with Gasteiger partial charge in [-0.15, -0.1) is 11.3 Å². The highest BCUT2D eigenvalue weighted by atomic mass is 32.1. The number of hydrogen-bond donors (Lipinski definition) is 1. The van der Waals surface area contributed by atoms with Crippen LogP contribution in [-0.4, -0.2) is 30.1 Å². The highest BCUT2D eigenvalue weighted by Gasteiger charge is 2.31. The standard InChI is InChI=1S/C16H20FN3OS/c1-10-9-22-16(19-10)3-4-20-8-13-12(15(20)7-18)5-11(21-2)6-14(13)17/h5-6,9,15H,3-4,7-8,18H2,1-2H3. The predicted molar refractivity (Wildman–Crippen MR) is 85.7 cm³/mol. The quantitative estimate of drug-likeness (QED) is 0.920. The normalized spacial score (nSPS) is 17.7. The first-order valence-electron chi connectivity index (χ1n) is 7.33. The molecule has 1 unspecified atom stereocenters. The molecule has 2 aromatic rings. The maximum absolute atomic E-state index is 14.2. The van der Waals surface area contributed by atoms with Crippen molar-refractivity contribution in [2.24, 2.45) is 5.73 Å². The number of thiazole rings is 1. The van der Waals surface area contributed by atoms with E-state index in [1.165, 1.54) is 6.07 Å². The lowest BCUT2D eigenvalue weighted by atomic mass is 10.0. The topological polar surface area (TPSA) is 51.4 Å². The van der Waals surface area contributed by atoms with Crippen LogP contribution in [0.15, 0.2) is 17.5 Å². The van der Waals surface area contributed by atoms with Gasteiger partial charge in [0.05, 0.1) is 12.1 Å². The van der Waals surface area contributed by atoms with E-state index in [2.05, 4.69) is 15.3 Å². The maximum Gasteiger partial charge on any atom is 0.131 e. The molecule has 1 aliphatic rings. The molecule has 0 saturated heterocycles. The van der Waals surface area contributed by atoms with Crippen LogP contribution >= 0.6 is 11.3 Å². The molecule has 4 nitrogen and oxygen atoms in total. The largest absolute Gasteiger partial charge is 0.497 e. The highest BCUT2D eigenvalue weighted by molar-refractivity contribution is 7.09. The Morgan fingerprint density at radius 3 is 2.95 bits per heavy atom. The van der Waals surface area contributed by atoms with Crippen LogP contribution in [0.4, 0.5) is 4.39 Å². The van der Waals surface area contributed by atoms with Gasteiger partial charge < -0.3 is 10.5 Å². The summed E-state index contributed by atoms with van der Waals surface area (Å²) in [5, 5.41) is 3.17. The molecule has 0 aliphatic carbocycles. The first-order chi connectivity index (χ1) is 10.6. The first kappa shape index (κ1) is 15.4. The number of aryl methyl sites for hydroxylation is 1. The van der Waals surface area contributed by atoms with Gasteiger partial charge in [-0.05, 0) is 18.6 Å². The summed E-state index contributed by atoms with van der Waals surface area (Å²) in [4.78, 5) is 6.71. The second kappa shape index (κ2) is 6.32. The van der Waals surface area contributed by atoms with Crippen molar-refractivity contribution >= 4 is 11.3 Å². The second-order valence-corrected chi connectivity index (χ2v) is 6.47. The lowest BCUT2D eigenvalue weighted by Gasteiger charge is -2.23. The Morgan fingerprint density at radius 1 is 1.50 bits per heavy atom. The van der Waals surface area contributed by atoms with Crippen molar-refractivity contribution < 1.29 is 9.13 Å². The van der Waals surface area contributed by atoms with Crippen molar-refractivity contribution in [1.82, 2.24) is 9.88 Å². The summed E-state index contributed by atoms with van der Waals surface area (Å²) in [6.07, 6.45) is 0.863. The van der Waals surface area contributed by atoms with Gasteiger partial charge in [-0.1, -0.05) is 0 Å². The summed E-state index contributed by atoms with van der Waals surface area (Å²) in [5.74, 6) is 0.340. The Hall–Kier alpha value is -1.50. The summed E-state index contributed by atoms with van der Waals surface area (Å²) < 4.78 is 19.4. The molecule has 0 radical (unpaired) electrons. The average molecular weight is 321 g/mol. The molecular weight excluding hydrogens is 301 g/mol. The number of hydrogen-bond acceptors (Lipinski definition) is 5. The summed E-state index contributed by atoms with van der Waals surface area (Å²) in [7, 11) is 1.55. The van der Waals surface area contributed by atoms with Gasteiger partial charge in [0.25, 0.3) is 0 Å². The van der Waals surface area contributed by atoms with E-state index < -0.39 is 0 Å². The Morgan fingerprint density at radius 2 is 2.32 bits per heavy atom. The Bertz CT molecular complexity index is 673. The number of nitrogens with zero attached hydrogens (tertiary/aromatic N) is 2. The van der Waals surface area contributed by atoms with E-state index >= 15 is 0 Å². The van der Waals surface area contributed by atoms with Gasteiger partial charge in [-0.25, -0.2) is 9.37 Å². The van der Waals surface area contributed by atoms with Crippen molar-refractivity contribution in [1.29, 1.82) is 0 Å². The zero-order valence-corrected chi connectivity index (χ0v) is 13.6. The van der Waals surface area contributed by atoms with Crippen LogP contribution in [0, 0.1) is 12.7 Å². The minimum absolute atomic E-state index is 0.0423. The molecule has 1 aliphatic heterocycles. The number of benzene rings is 1. The minimum Gasteiger partial charge on any atom is -0.497 e. The first-order valence-corrected chi connectivity index (χ1v) is 8.21. The smallest absolute Gasteiger partial charge is 0.131 e. The molecule has 118 valence electrons. The molecule has 1 atom stereocenters. The van der Waals surface area contributed by atoms with Crippen LogP contribution in [0.25, 0.3) is 0 Å². The molecule has 0 saturated carbocycles. The van der Waals surface area contributed by atoms with E-state index in [9.17, 15) is 4.39 Å². The maximum atomic E-state index is 14.2. The molecule has 22 heavy (non-hydrogen) atoms. The minimum atomic E-state index is -0.208. The van der Waals surface area contributed by atoms with Crippen molar-refractivity contribution in [3.8, 4) is 5.75 Å². The van der Waals surface area contributed by atoms with E-state index in [-0.39, 0.29) is 11.9 Å². The molecule has 0 fully saturated rings. The second-order valence-electron chi connectivity index (χ2n) is 5.53. The van der Waals surface area contributed by atoms with Crippen molar-refractivity contribution in [2.45, 2.75) is 25.9 Å². The number of ether oxygens (including phenoxy) is 1. The Balaban J connectivity index is 1.78. The van der Waals surface area contributed by atoms with Crippen LogP contribution in [0.5, 0.6) is 5.75 Å². The van der Waals surface area contributed by atoms with E-state index in [1.54, 1.807) is 18.4 Å². The molecule has 6 heteroatoms. The Kier molecular flexibility index (Phi) is 4.42. The summed E-state index contributed by atoms with van der Waals surface area (Å²) >= 11 is 1.67. The summed E-state index contributed by atoms with van der Waals surface area (Å²) in [6, 6.07) is 3.39. The lowest BCUT2D eigenvalue weighted by Crippen LogP contribution is -2.29. The number of rotatable bonds is 5. The third kappa shape index (κ3) is 2.86. The molecule has 1 aromatic carbocycles. The fourth-order valence-corrected chi connectivity index (χ4v) is 3.76. The van der Waals surface area contributed by atoms with Gasteiger partial charge in [-0.2, -0.15) is 0 Å². The van der Waals surface area contributed by atoms with Gasteiger partial charge >= 0.3 is 0 Å². The molecule has 1 aromatic heterocycles. The average Bonchev–Trinajstić information content (AvgIpc) is 3.08. The predicted octanol–water partition coefficient (Wildman–Crippen LogP) is 2.66. The third-order valence-corrected chi connectivity index (χ3v) is 5.13. The zero-order chi connectivity index (χ0) is 15.7. The number of methoxy groups -OCH3 is 1. The van der Waals surface area contributed by atoms with Crippen LogP contribution in [0.2, 0.25) is 0 Å². The molecular formula is C16H20FN3OS. The van der Waals surface area contributed by atoms with Crippen LogP contribution in [0.3, 0.4) is 0 Å². The summed E-state index contributed by atoms with van der Waals surface area (Å²) in [6.45, 7) is 3.88. The van der Waals surface area contributed by atoms with E-state index in [1.807, 2.05) is 13.0 Å². The van der Waals surface area contributed by atoms with Crippen molar-refractivity contribution in [2.75, 3.05) is 20.2 Å². The number of fused-ring (bicyclic) bond motifs is 1. The van der Waals surface area contributed by atoms with Crippen LogP contribution < -0.4 is 10.5 Å². The molecule has 0 bridgehead atoms. The molecule has 0 amide bonds. The molecule has 0 spiro atoms. The van der Waals surface area contributed by atoms with Gasteiger partial charge in [-0.3, -0.25) is 4.90 Å². The number of aromatic nitrogens is 1. The van der Waals surface area contributed by atoms with Crippen LogP contribution in [0.1, 0.15) is 27.9 Å². The van der Waals surface area contributed by atoms with Gasteiger partial charge in [0, 0.05) is 54.8 Å². The van der Waals surface area contributed by atoms with E-state index in [4.69, 9.17) is 10.5 Å². The van der Waals surface area contributed by atoms with Gasteiger partial charge in [0.15, 0.2) is 0 Å². The lowest BCUT2D eigenvalue weighted by molar-refractivity contribution is 0.221. The van der Waals surface area contributed by atoms with Crippen LogP contribution in [-0.2, 0) is 13.0 Å². The Labute approximate surface area is 133 Å². The number of nitrogens with two attached hydrogens (primary N) is 1.